The molecule has 8 atom stereocenters. The number of fused-ring (bicyclic) bond motifs is 5. The fourth-order valence-corrected chi connectivity index (χ4v) is 8.11. The maximum Gasteiger partial charge on any atom is 0.0577 e. The lowest BCUT2D eigenvalue weighted by Crippen LogP contribution is -2.47. The van der Waals surface area contributed by atoms with E-state index in [1.165, 1.54) is 57.8 Å². The first-order valence-corrected chi connectivity index (χ1v) is 12.3. The van der Waals surface area contributed by atoms with E-state index in [9.17, 15) is 5.11 Å². The van der Waals surface area contributed by atoms with Crippen molar-refractivity contribution < 1.29 is 5.11 Å². The van der Waals surface area contributed by atoms with Gasteiger partial charge in [0, 0.05) is 0 Å². The average molecular weight is 373 g/mol. The SMILES string of the molecule is CC(C)CCCC(C)C1CCC2[C@@H]1CCC1[C@H]2CC=C2C[C@@H](O)CC[C@@]21C. The summed E-state index contributed by atoms with van der Waals surface area (Å²) in [5.74, 6) is 6.68. The standard InChI is InChI=1S/C26H44O/c1-17(2)6-5-7-18(3)21-10-11-23-22(21)12-13-25-24(23)9-8-19-16-20(27)14-15-26(19,25)4/h8,17-18,20-25,27H,5-7,9-16H2,1-4H3/t18?,20-,21?,22+,23?,24-,25?,26-/m0/s1. The van der Waals surface area contributed by atoms with Crippen LogP contribution in [-0.4, -0.2) is 11.2 Å². The lowest BCUT2D eigenvalue weighted by atomic mass is 9.50. The van der Waals surface area contributed by atoms with Crippen LogP contribution in [0, 0.1) is 46.8 Å². The minimum absolute atomic E-state index is 0.0697. The van der Waals surface area contributed by atoms with Crippen LogP contribution in [0.15, 0.2) is 11.6 Å². The van der Waals surface area contributed by atoms with Gasteiger partial charge in [-0.1, -0.05) is 58.6 Å². The van der Waals surface area contributed by atoms with Crippen LogP contribution in [-0.2, 0) is 0 Å². The van der Waals surface area contributed by atoms with E-state index < -0.39 is 0 Å². The van der Waals surface area contributed by atoms with E-state index in [-0.39, 0.29) is 6.10 Å². The highest BCUT2D eigenvalue weighted by molar-refractivity contribution is 5.24. The lowest BCUT2D eigenvalue weighted by Gasteiger charge is -2.55. The van der Waals surface area contributed by atoms with Gasteiger partial charge in [-0.2, -0.15) is 0 Å². The van der Waals surface area contributed by atoms with Crippen LogP contribution < -0.4 is 0 Å². The molecule has 0 aliphatic heterocycles. The van der Waals surface area contributed by atoms with Gasteiger partial charge in [0.05, 0.1) is 6.10 Å². The predicted octanol–water partition coefficient (Wildman–Crippen LogP) is 7.00. The molecule has 3 fully saturated rings. The highest BCUT2D eigenvalue weighted by atomic mass is 16.3. The van der Waals surface area contributed by atoms with Crippen molar-refractivity contribution >= 4 is 0 Å². The third-order valence-electron chi connectivity index (χ3n) is 9.62. The molecule has 0 amide bonds. The Bertz CT molecular complexity index is 548. The van der Waals surface area contributed by atoms with Gasteiger partial charge in [0.15, 0.2) is 0 Å². The summed E-state index contributed by atoms with van der Waals surface area (Å²) in [7, 11) is 0. The second-order valence-electron chi connectivity index (χ2n) is 11.5. The Morgan fingerprint density at radius 2 is 1.78 bits per heavy atom. The normalized spacial score (nSPS) is 45.0. The summed E-state index contributed by atoms with van der Waals surface area (Å²) >= 11 is 0. The molecule has 0 radical (unpaired) electrons. The molecule has 4 rings (SSSR count). The van der Waals surface area contributed by atoms with Crippen molar-refractivity contribution in [3.8, 4) is 0 Å². The zero-order valence-corrected chi connectivity index (χ0v) is 18.4. The van der Waals surface area contributed by atoms with E-state index in [2.05, 4.69) is 33.8 Å². The average Bonchev–Trinajstić information content (AvgIpc) is 3.06. The zero-order chi connectivity index (χ0) is 19.2. The molecule has 4 aliphatic rings. The van der Waals surface area contributed by atoms with Crippen molar-refractivity contribution in [2.75, 3.05) is 0 Å². The van der Waals surface area contributed by atoms with Crippen LogP contribution >= 0.6 is 0 Å². The summed E-state index contributed by atoms with van der Waals surface area (Å²) in [6.45, 7) is 9.87. The first-order valence-electron chi connectivity index (χ1n) is 12.3. The van der Waals surface area contributed by atoms with E-state index in [1.807, 2.05) is 0 Å². The monoisotopic (exact) mass is 372 g/mol. The summed E-state index contributed by atoms with van der Waals surface area (Å²) in [4.78, 5) is 0. The Balaban J connectivity index is 1.43. The Morgan fingerprint density at radius 3 is 2.56 bits per heavy atom. The van der Waals surface area contributed by atoms with Gasteiger partial charge >= 0.3 is 0 Å². The number of rotatable bonds is 5. The fourth-order valence-electron chi connectivity index (χ4n) is 8.11. The quantitative estimate of drug-likeness (QED) is 0.515. The third kappa shape index (κ3) is 3.67. The van der Waals surface area contributed by atoms with Gasteiger partial charge in [0.25, 0.3) is 0 Å². The summed E-state index contributed by atoms with van der Waals surface area (Å²) in [6.07, 6.45) is 17.3. The molecular formula is C26H44O. The lowest BCUT2D eigenvalue weighted by molar-refractivity contribution is -0.0152. The minimum atomic E-state index is -0.0697. The second-order valence-corrected chi connectivity index (χ2v) is 11.5. The predicted molar refractivity (Wildman–Crippen MR) is 114 cm³/mol. The highest BCUT2D eigenvalue weighted by Crippen LogP contribution is 2.62. The van der Waals surface area contributed by atoms with Crippen molar-refractivity contribution in [3.05, 3.63) is 11.6 Å². The first-order chi connectivity index (χ1) is 12.9. The number of allylic oxidation sites excluding steroid dienone is 1. The molecule has 0 aromatic heterocycles. The fraction of sp³-hybridized carbons (Fsp3) is 0.923. The van der Waals surface area contributed by atoms with Gasteiger partial charge in [-0.15, -0.1) is 0 Å². The molecule has 4 aliphatic carbocycles. The van der Waals surface area contributed by atoms with Crippen LogP contribution in [0.1, 0.15) is 98.3 Å². The van der Waals surface area contributed by atoms with Gasteiger partial charge in [0.1, 0.15) is 0 Å². The van der Waals surface area contributed by atoms with Crippen molar-refractivity contribution in [3.63, 3.8) is 0 Å². The molecule has 0 bridgehead atoms. The molecule has 0 aromatic carbocycles. The Hall–Kier alpha value is -0.300. The van der Waals surface area contributed by atoms with Crippen LogP contribution in [0.3, 0.4) is 0 Å². The zero-order valence-electron chi connectivity index (χ0n) is 18.4. The number of aliphatic hydroxyl groups excluding tert-OH is 1. The molecule has 1 nitrogen and oxygen atoms in total. The van der Waals surface area contributed by atoms with E-state index in [0.717, 1.165) is 54.3 Å². The van der Waals surface area contributed by atoms with E-state index >= 15 is 0 Å². The van der Waals surface area contributed by atoms with E-state index in [1.54, 1.807) is 5.57 Å². The topological polar surface area (TPSA) is 20.2 Å². The molecule has 0 aromatic rings. The van der Waals surface area contributed by atoms with Crippen molar-refractivity contribution in [2.24, 2.45) is 46.8 Å². The van der Waals surface area contributed by atoms with Crippen LogP contribution in [0.25, 0.3) is 0 Å². The van der Waals surface area contributed by atoms with Gasteiger partial charge in [-0.3, -0.25) is 0 Å². The Morgan fingerprint density at radius 1 is 1.00 bits per heavy atom. The molecule has 1 N–H and O–H groups in total. The van der Waals surface area contributed by atoms with Gasteiger partial charge in [-0.05, 0) is 98.2 Å². The Labute approximate surface area is 168 Å². The third-order valence-corrected chi connectivity index (χ3v) is 9.62. The summed E-state index contributed by atoms with van der Waals surface area (Å²) in [5, 5.41) is 10.2. The summed E-state index contributed by atoms with van der Waals surface area (Å²) in [5.41, 5.74) is 2.03. The molecule has 0 saturated heterocycles. The largest absolute Gasteiger partial charge is 0.393 e. The molecule has 0 heterocycles. The number of aliphatic hydroxyl groups is 1. The summed E-state index contributed by atoms with van der Waals surface area (Å²) < 4.78 is 0. The van der Waals surface area contributed by atoms with Crippen molar-refractivity contribution in [1.82, 2.24) is 0 Å². The molecule has 3 saturated carbocycles. The molecule has 0 spiro atoms. The first kappa shape index (κ1) is 20.0. The van der Waals surface area contributed by atoms with Crippen molar-refractivity contribution in [1.29, 1.82) is 0 Å². The van der Waals surface area contributed by atoms with E-state index in [0.29, 0.717) is 5.41 Å². The minimum Gasteiger partial charge on any atom is -0.393 e. The molecule has 154 valence electrons. The van der Waals surface area contributed by atoms with Crippen LogP contribution in [0.2, 0.25) is 0 Å². The molecule has 27 heavy (non-hydrogen) atoms. The second kappa shape index (κ2) is 7.85. The molecular weight excluding hydrogens is 328 g/mol. The number of hydrogen-bond donors (Lipinski definition) is 1. The molecule has 1 heteroatoms. The van der Waals surface area contributed by atoms with Gasteiger partial charge in [0.2, 0.25) is 0 Å². The highest BCUT2D eigenvalue weighted by Gasteiger charge is 2.54. The van der Waals surface area contributed by atoms with Gasteiger partial charge in [-0.25, -0.2) is 0 Å². The van der Waals surface area contributed by atoms with Crippen molar-refractivity contribution in [2.45, 2.75) is 104 Å². The van der Waals surface area contributed by atoms with Gasteiger partial charge < -0.3 is 5.11 Å². The Kier molecular flexibility index (Phi) is 5.81. The van der Waals surface area contributed by atoms with Crippen LogP contribution in [0.4, 0.5) is 0 Å². The molecule has 4 unspecified atom stereocenters. The summed E-state index contributed by atoms with van der Waals surface area (Å²) in [6, 6.07) is 0. The smallest absolute Gasteiger partial charge is 0.0577 e. The maximum atomic E-state index is 10.2. The number of hydrogen-bond acceptors (Lipinski definition) is 1. The van der Waals surface area contributed by atoms with E-state index in [4.69, 9.17) is 0 Å². The maximum absolute atomic E-state index is 10.2. The van der Waals surface area contributed by atoms with Crippen LogP contribution in [0.5, 0.6) is 0 Å².